The van der Waals surface area contributed by atoms with Crippen molar-refractivity contribution in [2.45, 2.75) is 64.8 Å². The Kier molecular flexibility index (Phi) is 5.09. The fraction of sp³-hybridized carbons (Fsp3) is 0.810. The predicted molar refractivity (Wildman–Crippen MR) is 103 cm³/mol. The standard InChI is InChI=1S/C21H34N4O/c1-15(2)19-14-25(12-6-11-24(19)13-16-9-10-16)21(26)20-17-7-4-5-8-18(17)23(3)22-20/h15-16,19H,4-14H2,1-3H3/t19-/m0/s1. The van der Waals surface area contributed by atoms with E-state index in [-0.39, 0.29) is 5.91 Å². The molecule has 1 aromatic rings. The Morgan fingerprint density at radius 1 is 1.15 bits per heavy atom. The molecule has 0 N–H and O–H groups in total. The Bertz CT molecular complexity index is 661. The molecular formula is C21H34N4O. The van der Waals surface area contributed by atoms with E-state index >= 15 is 0 Å². The summed E-state index contributed by atoms with van der Waals surface area (Å²) in [6.45, 7) is 8.69. The third-order valence-corrected chi connectivity index (χ3v) is 6.56. The van der Waals surface area contributed by atoms with Crippen molar-refractivity contribution in [1.29, 1.82) is 0 Å². The van der Waals surface area contributed by atoms with Gasteiger partial charge in [-0.25, -0.2) is 0 Å². The van der Waals surface area contributed by atoms with Crippen molar-refractivity contribution in [2.24, 2.45) is 18.9 Å². The fourth-order valence-electron chi connectivity index (χ4n) is 4.83. The number of amides is 1. The summed E-state index contributed by atoms with van der Waals surface area (Å²) in [5, 5.41) is 4.66. The number of aryl methyl sites for hydroxylation is 1. The van der Waals surface area contributed by atoms with Gasteiger partial charge >= 0.3 is 0 Å². The minimum atomic E-state index is 0.169. The highest BCUT2D eigenvalue weighted by molar-refractivity contribution is 5.94. The summed E-state index contributed by atoms with van der Waals surface area (Å²) in [6.07, 6.45) is 8.35. The second-order valence-electron chi connectivity index (χ2n) is 8.96. The lowest BCUT2D eigenvalue weighted by molar-refractivity contribution is 0.0696. The average Bonchev–Trinajstić information content (AvgIpc) is 3.41. The van der Waals surface area contributed by atoms with Gasteiger partial charge in [-0.2, -0.15) is 5.10 Å². The molecule has 2 fully saturated rings. The molecule has 3 aliphatic rings. The highest BCUT2D eigenvalue weighted by Crippen LogP contribution is 2.32. The maximum Gasteiger partial charge on any atom is 0.274 e. The highest BCUT2D eigenvalue weighted by atomic mass is 16.2. The van der Waals surface area contributed by atoms with Crippen LogP contribution in [0.4, 0.5) is 0 Å². The Morgan fingerprint density at radius 3 is 2.65 bits per heavy atom. The normalized spacial score (nSPS) is 24.6. The van der Waals surface area contributed by atoms with Crippen LogP contribution in [0.5, 0.6) is 0 Å². The van der Waals surface area contributed by atoms with Crippen LogP contribution in [0.15, 0.2) is 0 Å². The van der Waals surface area contributed by atoms with E-state index < -0.39 is 0 Å². The van der Waals surface area contributed by atoms with Gasteiger partial charge in [0.15, 0.2) is 5.69 Å². The molecule has 1 aromatic heterocycles. The lowest BCUT2D eigenvalue weighted by Gasteiger charge is -2.34. The van der Waals surface area contributed by atoms with Gasteiger partial charge < -0.3 is 4.90 Å². The van der Waals surface area contributed by atoms with Crippen molar-refractivity contribution >= 4 is 5.91 Å². The van der Waals surface area contributed by atoms with Crippen molar-refractivity contribution in [3.63, 3.8) is 0 Å². The first-order valence-corrected chi connectivity index (χ1v) is 10.6. The number of nitrogens with zero attached hydrogens (tertiary/aromatic N) is 4. The number of hydrogen-bond acceptors (Lipinski definition) is 3. The van der Waals surface area contributed by atoms with E-state index in [0.717, 1.165) is 50.5 Å². The Morgan fingerprint density at radius 2 is 1.92 bits per heavy atom. The molecule has 0 unspecified atom stereocenters. The molecule has 0 radical (unpaired) electrons. The van der Waals surface area contributed by atoms with Gasteiger partial charge in [0.05, 0.1) is 0 Å². The molecule has 1 amide bonds. The Labute approximate surface area is 157 Å². The molecule has 0 aromatic carbocycles. The van der Waals surface area contributed by atoms with Gasteiger partial charge in [0.1, 0.15) is 0 Å². The maximum absolute atomic E-state index is 13.4. The zero-order valence-electron chi connectivity index (χ0n) is 16.7. The van der Waals surface area contributed by atoms with Crippen LogP contribution in [0.3, 0.4) is 0 Å². The molecular weight excluding hydrogens is 324 g/mol. The van der Waals surface area contributed by atoms with Crippen molar-refractivity contribution in [1.82, 2.24) is 19.6 Å². The average molecular weight is 359 g/mol. The first-order chi connectivity index (χ1) is 12.5. The molecule has 2 heterocycles. The summed E-state index contributed by atoms with van der Waals surface area (Å²) in [5.41, 5.74) is 3.24. The molecule has 26 heavy (non-hydrogen) atoms. The van der Waals surface area contributed by atoms with Crippen LogP contribution in [-0.4, -0.2) is 57.7 Å². The molecule has 4 rings (SSSR count). The van der Waals surface area contributed by atoms with Crippen molar-refractivity contribution in [2.75, 3.05) is 26.2 Å². The van der Waals surface area contributed by atoms with Crippen LogP contribution in [0.25, 0.3) is 0 Å². The van der Waals surface area contributed by atoms with E-state index in [1.165, 1.54) is 43.5 Å². The van der Waals surface area contributed by atoms with Gasteiger partial charge in [-0.15, -0.1) is 0 Å². The lowest BCUT2D eigenvalue weighted by Crippen LogP contribution is -2.46. The first-order valence-electron chi connectivity index (χ1n) is 10.6. The third-order valence-electron chi connectivity index (χ3n) is 6.56. The molecule has 0 bridgehead atoms. The topological polar surface area (TPSA) is 41.4 Å². The van der Waals surface area contributed by atoms with Gasteiger partial charge in [0.2, 0.25) is 0 Å². The van der Waals surface area contributed by atoms with Crippen molar-refractivity contribution in [3.05, 3.63) is 17.0 Å². The minimum Gasteiger partial charge on any atom is -0.336 e. The lowest BCUT2D eigenvalue weighted by atomic mass is 9.95. The summed E-state index contributed by atoms with van der Waals surface area (Å²) in [7, 11) is 2.00. The van der Waals surface area contributed by atoms with Gasteiger partial charge in [-0.1, -0.05) is 13.8 Å². The molecule has 144 valence electrons. The van der Waals surface area contributed by atoms with Crippen LogP contribution < -0.4 is 0 Å². The van der Waals surface area contributed by atoms with Gasteiger partial charge in [-0.05, 0) is 56.8 Å². The van der Waals surface area contributed by atoms with E-state index in [2.05, 4.69) is 28.7 Å². The van der Waals surface area contributed by atoms with Crippen LogP contribution in [0.1, 0.15) is 67.7 Å². The molecule has 1 saturated carbocycles. The van der Waals surface area contributed by atoms with Crippen LogP contribution in [-0.2, 0) is 19.9 Å². The number of carbonyl (C=O) groups excluding carboxylic acids is 1. The number of hydrogen-bond donors (Lipinski definition) is 0. The molecule has 0 spiro atoms. The summed E-state index contributed by atoms with van der Waals surface area (Å²) in [6, 6.07) is 0.474. The first kappa shape index (κ1) is 18.0. The maximum atomic E-state index is 13.4. The second kappa shape index (κ2) is 7.34. The van der Waals surface area contributed by atoms with Crippen molar-refractivity contribution < 1.29 is 4.79 Å². The Hall–Kier alpha value is -1.36. The number of rotatable bonds is 4. The summed E-state index contributed by atoms with van der Waals surface area (Å²) in [4.78, 5) is 18.2. The summed E-state index contributed by atoms with van der Waals surface area (Å²) in [5.74, 6) is 1.64. The third kappa shape index (κ3) is 3.55. The molecule has 1 aliphatic heterocycles. The predicted octanol–water partition coefficient (Wildman–Crippen LogP) is 2.88. The fourth-order valence-corrected chi connectivity index (χ4v) is 4.83. The van der Waals surface area contributed by atoms with E-state index in [0.29, 0.717) is 12.0 Å². The highest BCUT2D eigenvalue weighted by Gasteiger charge is 2.35. The SMILES string of the molecule is CC(C)[C@@H]1CN(C(=O)c2nn(C)c3c2CCCC3)CCCN1CC1CC1. The minimum absolute atomic E-state index is 0.169. The molecule has 5 nitrogen and oxygen atoms in total. The molecule has 1 saturated heterocycles. The summed E-state index contributed by atoms with van der Waals surface area (Å²) >= 11 is 0. The number of aromatic nitrogens is 2. The monoisotopic (exact) mass is 358 g/mol. The molecule has 5 heteroatoms. The number of fused-ring (bicyclic) bond motifs is 1. The van der Waals surface area contributed by atoms with E-state index in [1.54, 1.807) is 0 Å². The van der Waals surface area contributed by atoms with Gasteiger partial charge in [-0.3, -0.25) is 14.4 Å². The van der Waals surface area contributed by atoms with Crippen LogP contribution >= 0.6 is 0 Å². The Balaban J connectivity index is 1.54. The second-order valence-corrected chi connectivity index (χ2v) is 8.96. The van der Waals surface area contributed by atoms with Gasteiger partial charge in [0.25, 0.3) is 5.91 Å². The van der Waals surface area contributed by atoms with Crippen LogP contribution in [0.2, 0.25) is 0 Å². The van der Waals surface area contributed by atoms with E-state index in [1.807, 2.05) is 11.7 Å². The quantitative estimate of drug-likeness (QED) is 0.831. The zero-order valence-corrected chi connectivity index (χ0v) is 16.7. The van der Waals surface area contributed by atoms with E-state index in [4.69, 9.17) is 0 Å². The smallest absolute Gasteiger partial charge is 0.274 e. The van der Waals surface area contributed by atoms with Crippen LogP contribution in [0, 0.1) is 11.8 Å². The van der Waals surface area contributed by atoms with E-state index in [9.17, 15) is 4.79 Å². The molecule has 2 aliphatic carbocycles. The van der Waals surface area contributed by atoms with Gasteiger partial charge in [0, 0.05) is 50.5 Å². The van der Waals surface area contributed by atoms with Crippen molar-refractivity contribution in [3.8, 4) is 0 Å². The zero-order chi connectivity index (χ0) is 18.3. The summed E-state index contributed by atoms with van der Waals surface area (Å²) < 4.78 is 1.96. The number of carbonyl (C=O) groups is 1. The largest absolute Gasteiger partial charge is 0.336 e. The molecule has 1 atom stereocenters.